The minimum Gasteiger partial charge on any atom is -0.383 e. The van der Waals surface area contributed by atoms with Crippen molar-refractivity contribution in [3.05, 3.63) is 35.9 Å². The number of methoxy groups -OCH3 is 1. The molecule has 2 atom stereocenters. The minimum absolute atomic E-state index is 0.0276. The van der Waals surface area contributed by atoms with Crippen molar-refractivity contribution in [3.63, 3.8) is 0 Å². The van der Waals surface area contributed by atoms with Gasteiger partial charge in [0.05, 0.1) is 6.61 Å². The average molecular weight is 293 g/mol. The first kappa shape index (κ1) is 17.1. The topological polar surface area (TPSA) is 79.5 Å². The van der Waals surface area contributed by atoms with Crippen molar-refractivity contribution in [2.24, 2.45) is 0 Å². The van der Waals surface area contributed by atoms with Gasteiger partial charge in [0, 0.05) is 19.7 Å². The van der Waals surface area contributed by atoms with Gasteiger partial charge in [-0.1, -0.05) is 30.3 Å². The van der Waals surface area contributed by atoms with Crippen LogP contribution >= 0.6 is 0 Å². The summed E-state index contributed by atoms with van der Waals surface area (Å²) in [5.41, 5.74) is 0.794. The van der Waals surface area contributed by atoms with Crippen LogP contribution in [0.1, 0.15) is 25.5 Å². The Kier molecular flexibility index (Phi) is 7.42. The standard InChI is InChI=1S/C15H23N3O3/c1-4-16-15(20)18-14(19)13(17-11(2)10-21-3)12-8-6-5-7-9-12/h5-9,11,13,17H,4,10H2,1-3H3,(H2,16,18,19,20)/t11-,13-/m0/s1. The molecule has 0 unspecified atom stereocenters. The van der Waals surface area contributed by atoms with Crippen molar-refractivity contribution in [2.45, 2.75) is 25.9 Å². The predicted molar refractivity (Wildman–Crippen MR) is 80.9 cm³/mol. The molecule has 0 saturated carbocycles. The molecule has 6 nitrogen and oxygen atoms in total. The molecule has 0 fully saturated rings. The molecule has 0 aliphatic carbocycles. The Labute approximate surface area is 125 Å². The van der Waals surface area contributed by atoms with Gasteiger partial charge in [0.2, 0.25) is 5.91 Å². The molecule has 0 spiro atoms. The lowest BCUT2D eigenvalue weighted by molar-refractivity contribution is -0.122. The first-order valence-corrected chi connectivity index (χ1v) is 6.97. The molecule has 1 rings (SSSR count). The summed E-state index contributed by atoms with van der Waals surface area (Å²) in [6.07, 6.45) is 0. The zero-order chi connectivity index (χ0) is 15.7. The number of hydrogen-bond acceptors (Lipinski definition) is 4. The quantitative estimate of drug-likeness (QED) is 0.706. The smallest absolute Gasteiger partial charge is 0.321 e. The second kappa shape index (κ2) is 9.10. The summed E-state index contributed by atoms with van der Waals surface area (Å²) in [5.74, 6) is -0.393. The number of amides is 3. The summed E-state index contributed by atoms with van der Waals surface area (Å²) in [5, 5.41) is 8.04. The van der Waals surface area contributed by atoms with Crippen LogP contribution in [-0.4, -0.2) is 38.2 Å². The maximum absolute atomic E-state index is 12.3. The zero-order valence-electron chi connectivity index (χ0n) is 12.7. The van der Waals surface area contributed by atoms with Crippen LogP contribution in [0.4, 0.5) is 4.79 Å². The largest absolute Gasteiger partial charge is 0.383 e. The number of rotatable bonds is 7. The van der Waals surface area contributed by atoms with Crippen LogP contribution < -0.4 is 16.0 Å². The van der Waals surface area contributed by atoms with Gasteiger partial charge in [0.1, 0.15) is 6.04 Å². The number of ether oxygens (including phenoxy) is 1. The minimum atomic E-state index is -0.612. The summed E-state index contributed by atoms with van der Waals surface area (Å²) in [7, 11) is 1.60. The molecule has 0 aliphatic rings. The number of urea groups is 1. The Morgan fingerprint density at radius 3 is 2.48 bits per heavy atom. The van der Waals surface area contributed by atoms with E-state index < -0.39 is 18.0 Å². The number of benzene rings is 1. The monoisotopic (exact) mass is 293 g/mol. The maximum atomic E-state index is 12.3. The van der Waals surface area contributed by atoms with Crippen LogP contribution in [0.3, 0.4) is 0 Å². The highest BCUT2D eigenvalue weighted by atomic mass is 16.5. The van der Waals surface area contributed by atoms with E-state index in [0.717, 1.165) is 5.56 Å². The summed E-state index contributed by atoms with van der Waals surface area (Å²) < 4.78 is 5.07. The van der Waals surface area contributed by atoms with Crippen molar-refractivity contribution in [1.82, 2.24) is 16.0 Å². The van der Waals surface area contributed by atoms with Gasteiger partial charge >= 0.3 is 6.03 Å². The van der Waals surface area contributed by atoms with Gasteiger partial charge in [-0.3, -0.25) is 15.4 Å². The van der Waals surface area contributed by atoms with Crippen LogP contribution in [0.25, 0.3) is 0 Å². The van der Waals surface area contributed by atoms with E-state index in [2.05, 4.69) is 16.0 Å². The van der Waals surface area contributed by atoms with Gasteiger partial charge in [-0.2, -0.15) is 0 Å². The van der Waals surface area contributed by atoms with Gasteiger partial charge in [-0.25, -0.2) is 4.79 Å². The summed E-state index contributed by atoms with van der Waals surface area (Å²) in [6.45, 7) is 4.64. The molecular formula is C15H23N3O3. The van der Waals surface area contributed by atoms with Gasteiger partial charge in [-0.05, 0) is 19.4 Å². The third-order valence-electron chi connectivity index (χ3n) is 2.84. The van der Waals surface area contributed by atoms with Crippen molar-refractivity contribution < 1.29 is 14.3 Å². The van der Waals surface area contributed by atoms with Gasteiger partial charge in [-0.15, -0.1) is 0 Å². The molecule has 0 saturated heterocycles. The first-order valence-electron chi connectivity index (χ1n) is 6.97. The molecule has 3 N–H and O–H groups in total. The van der Waals surface area contributed by atoms with Gasteiger partial charge in [0.25, 0.3) is 0 Å². The van der Waals surface area contributed by atoms with Crippen LogP contribution in [-0.2, 0) is 9.53 Å². The second-order valence-corrected chi connectivity index (χ2v) is 4.72. The van der Waals surface area contributed by atoms with Crippen LogP contribution in [0, 0.1) is 0 Å². The number of imide groups is 1. The predicted octanol–water partition coefficient (Wildman–Crippen LogP) is 1.20. The lowest BCUT2D eigenvalue weighted by atomic mass is 10.1. The van der Waals surface area contributed by atoms with Gasteiger partial charge in [0.15, 0.2) is 0 Å². The third-order valence-corrected chi connectivity index (χ3v) is 2.84. The zero-order valence-corrected chi connectivity index (χ0v) is 12.7. The number of hydrogen-bond donors (Lipinski definition) is 3. The Bertz CT molecular complexity index is 451. The molecule has 21 heavy (non-hydrogen) atoms. The van der Waals surface area contributed by atoms with E-state index in [0.29, 0.717) is 13.2 Å². The number of carbonyl (C=O) groups is 2. The second-order valence-electron chi connectivity index (χ2n) is 4.72. The van der Waals surface area contributed by atoms with Crippen LogP contribution in [0.15, 0.2) is 30.3 Å². The van der Waals surface area contributed by atoms with Gasteiger partial charge < -0.3 is 10.1 Å². The Balaban J connectivity index is 2.81. The van der Waals surface area contributed by atoms with Crippen LogP contribution in [0.2, 0.25) is 0 Å². The van der Waals surface area contributed by atoms with Crippen molar-refractivity contribution >= 4 is 11.9 Å². The van der Waals surface area contributed by atoms with E-state index in [1.807, 2.05) is 37.3 Å². The van der Waals surface area contributed by atoms with E-state index in [1.165, 1.54) is 0 Å². The Morgan fingerprint density at radius 2 is 1.90 bits per heavy atom. The summed E-state index contributed by atoms with van der Waals surface area (Å²) in [4.78, 5) is 23.8. The fourth-order valence-corrected chi connectivity index (χ4v) is 1.94. The fourth-order valence-electron chi connectivity index (χ4n) is 1.94. The molecule has 1 aromatic rings. The number of carbonyl (C=O) groups excluding carboxylic acids is 2. The van der Waals surface area contributed by atoms with Crippen molar-refractivity contribution in [3.8, 4) is 0 Å². The molecule has 116 valence electrons. The average Bonchev–Trinajstić information content (AvgIpc) is 2.46. The van der Waals surface area contributed by atoms with E-state index in [-0.39, 0.29) is 6.04 Å². The lowest BCUT2D eigenvalue weighted by Gasteiger charge is -2.22. The first-order chi connectivity index (χ1) is 10.1. The maximum Gasteiger partial charge on any atom is 0.321 e. The molecule has 1 aromatic carbocycles. The van der Waals surface area contributed by atoms with Crippen molar-refractivity contribution in [2.75, 3.05) is 20.3 Å². The van der Waals surface area contributed by atoms with E-state index in [4.69, 9.17) is 4.74 Å². The summed E-state index contributed by atoms with van der Waals surface area (Å²) in [6, 6.07) is 8.13. The SMILES string of the molecule is CCNC(=O)NC(=O)[C@@H](N[C@@H](C)COC)c1ccccc1. The van der Waals surface area contributed by atoms with E-state index in [9.17, 15) is 9.59 Å². The fraction of sp³-hybridized carbons (Fsp3) is 0.467. The Hall–Kier alpha value is -1.92. The summed E-state index contributed by atoms with van der Waals surface area (Å²) >= 11 is 0. The molecular weight excluding hydrogens is 270 g/mol. The van der Waals surface area contributed by atoms with E-state index in [1.54, 1.807) is 14.0 Å². The highest BCUT2D eigenvalue weighted by molar-refractivity contribution is 5.97. The molecule has 0 aliphatic heterocycles. The highest BCUT2D eigenvalue weighted by Gasteiger charge is 2.23. The Morgan fingerprint density at radius 1 is 1.24 bits per heavy atom. The molecule has 0 aromatic heterocycles. The third kappa shape index (κ3) is 5.93. The molecule has 0 heterocycles. The van der Waals surface area contributed by atoms with Crippen LogP contribution in [0.5, 0.6) is 0 Å². The highest BCUT2D eigenvalue weighted by Crippen LogP contribution is 2.13. The van der Waals surface area contributed by atoms with E-state index >= 15 is 0 Å². The molecule has 6 heteroatoms. The molecule has 0 radical (unpaired) electrons. The lowest BCUT2D eigenvalue weighted by Crippen LogP contribution is -2.47. The molecule has 3 amide bonds. The molecule has 0 bridgehead atoms. The van der Waals surface area contributed by atoms with Crippen molar-refractivity contribution in [1.29, 1.82) is 0 Å². The number of nitrogens with one attached hydrogen (secondary N) is 3. The normalized spacial score (nSPS) is 13.3.